The molecule has 0 spiro atoms. The van der Waals surface area contributed by atoms with Crippen LogP contribution >= 0.6 is 0 Å². The Balaban J connectivity index is 1.67. The van der Waals surface area contributed by atoms with E-state index in [0.717, 1.165) is 38.4 Å². The highest BCUT2D eigenvalue weighted by atomic mass is 19.4. The van der Waals surface area contributed by atoms with Crippen molar-refractivity contribution in [3.05, 3.63) is 35.8 Å². The summed E-state index contributed by atoms with van der Waals surface area (Å²) in [7, 11) is 0. The van der Waals surface area contributed by atoms with Gasteiger partial charge in [-0.2, -0.15) is 18.3 Å². The number of halogens is 4. The lowest BCUT2D eigenvalue weighted by molar-refractivity contribution is -0.139. The predicted octanol–water partition coefficient (Wildman–Crippen LogP) is 5.19. The fraction of sp³-hybridized carbons (Fsp3) is 0.450. The Morgan fingerprint density at radius 2 is 1.93 bits per heavy atom. The molecule has 1 aliphatic heterocycles. The van der Waals surface area contributed by atoms with Gasteiger partial charge in [0.15, 0.2) is 0 Å². The molecule has 0 amide bonds. The van der Waals surface area contributed by atoms with E-state index in [4.69, 9.17) is 0 Å². The Morgan fingerprint density at radius 1 is 1.21 bits per heavy atom. The molecule has 1 fully saturated rings. The number of alkyl halides is 3. The lowest BCUT2D eigenvalue weighted by Gasteiger charge is -2.39. The molecule has 0 bridgehead atoms. The van der Waals surface area contributed by atoms with Crippen LogP contribution in [0.25, 0.3) is 22.4 Å². The molecule has 0 saturated carbocycles. The van der Waals surface area contributed by atoms with Crippen LogP contribution in [0.3, 0.4) is 0 Å². The molecule has 1 aromatic carbocycles. The molecule has 3 heterocycles. The van der Waals surface area contributed by atoms with Crippen LogP contribution in [0, 0.1) is 11.2 Å². The lowest BCUT2D eigenvalue weighted by atomic mass is 9.78. The zero-order valence-corrected chi connectivity index (χ0v) is 16.1. The summed E-state index contributed by atoms with van der Waals surface area (Å²) in [5, 5.41) is 6.66. The maximum Gasteiger partial charge on any atom is 0.419 e. The Labute approximate surface area is 165 Å². The van der Waals surface area contributed by atoms with Crippen LogP contribution in [0.5, 0.6) is 0 Å². The average molecular weight is 407 g/mol. The van der Waals surface area contributed by atoms with Gasteiger partial charge in [-0.25, -0.2) is 14.4 Å². The quantitative estimate of drug-likeness (QED) is 0.607. The van der Waals surface area contributed by atoms with Crippen LogP contribution in [-0.2, 0) is 6.18 Å². The number of nitrogens with one attached hydrogen (secondary N) is 1. The first kappa shape index (κ1) is 19.6. The maximum absolute atomic E-state index is 14.5. The first-order chi connectivity index (χ1) is 13.7. The van der Waals surface area contributed by atoms with Crippen LogP contribution in [0.2, 0.25) is 0 Å². The lowest BCUT2D eigenvalue weighted by Crippen LogP contribution is -2.38. The molecule has 0 unspecified atom stereocenters. The summed E-state index contributed by atoms with van der Waals surface area (Å²) >= 11 is 0. The Hall–Kier alpha value is -2.71. The molecule has 1 aliphatic rings. The number of nitrogens with zero attached hydrogens (tertiary/aromatic N) is 4. The van der Waals surface area contributed by atoms with Gasteiger partial charge in [0, 0.05) is 18.7 Å². The zero-order chi connectivity index (χ0) is 20.8. The van der Waals surface area contributed by atoms with Crippen LogP contribution in [-0.4, -0.2) is 33.3 Å². The van der Waals surface area contributed by atoms with E-state index in [1.807, 2.05) is 0 Å². The molecule has 0 radical (unpaired) electrons. The second-order valence-electron chi connectivity index (χ2n) is 7.82. The predicted molar refractivity (Wildman–Crippen MR) is 102 cm³/mol. The third-order valence-electron chi connectivity index (χ3n) is 5.97. The standard InChI is InChI=1S/C20H21F4N5/c1-3-19(2)7-9-29(10-8-19)14-11-25-17-16(27-28-18(17)26-14)12-5-4-6-13(15(12)21)20(22,23)24/h4-6,11H,3,7-10H2,1-2H3,(H,26,27,28). The van der Waals surface area contributed by atoms with E-state index in [1.54, 1.807) is 6.20 Å². The third-order valence-corrected chi connectivity index (χ3v) is 5.97. The molecule has 29 heavy (non-hydrogen) atoms. The molecule has 154 valence electrons. The van der Waals surface area contributed by atoms with Crippen molar-refractivity contribution in [2.45, 2.75) is 39.3 Å². The first-order valence-electron chi connectivity index (χ1n) is 9.54. The minimum Gasteiger partial charge on any atom is -0.355 e. The average Bonchev–Trinajstić information content (AvgIpc) is 3.11. The number of aromatic amines is 1. The number of hydrogen-bond acceptors (Lipinski definition) is 4. The van der Waals surface area contributed by atoms with Gasteiger partial charge in [0.05, 0.1) is 17.5 Å². The summed E-state index contributed by atoms with van der Waals surface area (Å²) in [5.74, 6) is -0.690. The summed E-state index contributed by atoms with van der Waals surface area (Å²) < 4.78 is 53.6. The number of rotatable bonds is 3. The second-order valence-corrected chi connectivity index (χ2v) is 7.82. The van der Waals surface area contributed by atoms with Gasteiger partial charge in [-0.15, -0.1) is 0 Å². The van der Waals surface area contributed by atoms with Crippen molar-refractivity contribution in [3.63, 3.8) is 0 Å². The zero-order valence-electron chi connectivity index (χ0n) is 16.1. The number of H-pyrrole nitrogens is 1. The SMILES string of the molecule is CCC1(C)CCN(c2cnc3c(-c4cccc(C(F)(F)F)c4F)[nH]nc3n2)CC1. The highest BCUT2D eigenvalue weighted by Gasteiger charge is 2.35. The van der Waals surface area contributed by atoms with Gasteiger partial charge in [-0.1, -0.05) is 26.3 Å². The topological polar surface area (TPSA) is 57.7 Å². The van der Waals surface area contributed by atoms with E-state index in [2.05, 4.69) is 38.9 Å². The summed E-state index contributed by atoms with van der Waals surface area (Å²) in [6.45, 7) is 6.18. The van der Waals surface area contributed by atoms with Crippen molar-refractivity contribution in [1.82, 2.24) is 20.2 Å². The van der Waals surface area contributed by atoms with Crippen LogP contribution < -0.4 is 4.90 Å². The van der Waals surface area contributed by atoms with Gasteiger partial charge in [0.2, 0.25) is 5.65 Å². The molecule has 9 heteroatoms. The number of benzene rings is 1. The monoisotopic (exact) mass is 407 g/mol. The van der Waals surface area contributed by atoms with Crippen molar-refractivity contribution in [2.24, 2.45) is 5.41 Å². The molecular formula is C20H21F4N5. The molecule has 4 rings (SSSR count). The van der Waals surface area contributed by atoms with E-state index in [0.29, 0.717) is 17.3 Å². The van der Waals surface area contributed by atoms with E-state index >= 15 is 0 Å². The molecule has 3 aromatic rings. The molecule has 1 N–H and O–H groups in total. The molecule has 5 nitrogen and oxygen atoms in total. The van der Waals surface area contributed by atoms with Crippen molar-refractivity contribution in [3.8, 4) is 11.3 Å². The third kappa shape index (κ3) is 3.54. The number of hydrogen-bond donors (Lipinski definition) is 1. The fourth-order valence-corrected chi connectivity index (χ4v) is 3.70. The normalized spacial score (nSPS) is 17.1. The molecular weight excluding hydrogens is 386 g/mol. The van der Waals surface area contributed by atoms with Gasteiger partial charge in [-0.05, 0) is 30.4 Å². The van der Waals surface area contributed by atoms with E-state index in [1.165, 1.54) is 6.07 Å². The van der Waals surface area contributed by atoms with Crippen molar-refractivity contribution < 1.29 is 17.6 Å². The Bertz CT molecular complexity index is 1040. The highest BCUT2D eigenvalue weighted by molar-refractivity contribution is 5.88. The number of piperidine rings is 1. The highest BCUT2D eigenvalue weighted by Crippen LogP contribution is 2.37. The minimum atomic E-state index is -4.78. The van der Waals surface area contributed by atoms with Crippen LogP contribution in [0.4, 0.5) is 23.4 Å². The van der Waals surface area contributed by atoms with Gasteiger partial charge in [-0.3, -0.25) is 5.10 Å². The number of anilines is 1. The fourth-order valence-electron chi connectivity index (χ4n) is 3.70. The number of aromatic nitrogens is 4. The van der Waals surface area contributed by atoms with E-state index < -0.39 is 17.6 Å². The molecule has 0 atom stereocenters. The van der Waals surface area contributed by atoms with E-state index in [-0.39, 0.29) is 22.4 Å². The summed E-state index contributed by atoms with van der Waals surface area (Å²) in [6, 6.07) is 3.14. The Morgan fingerprint density at radius 3 is 2.59 bits per heavy atom. The minimum absolute atomic E-state index is 0.0832. The largest absolute Gasteiger partial charge is 0.419 e. The van der Waals surface area contributed by atoms with Crippen molar-refractivity contribution in [2.75, 3.05) is 18.0 Å². The molecule has 0 aliphatic carbocycles. The van der Waals surface area contributed by atoms with Gasteiger partial charge < -0.3 is 4.90 Å². The van der Waals surface area contributed by atoms with Crippen molar-refractivity contribution in [1.29, 1.82) is 0 Å². The summed E-state index contributed by atoms with van der Waals surface area (Å²) in [6.07, 6.45) is 0.00325. The van der Waals surface area contributed by atoms with Gasteiger partial charge >= 0.3 is 6.18 Å². The molecule has 1 saturated heterocycles. The van der Waals surface area contributed by atoms with Crippen LogP contribution in [0.15, 0.2) is 24.4 Å². The first-order valence-corrected chi connectivity index (χ1v) is 9.54. The number of fused-ring (bicyclic) bond motifs is 1. The van der Waals surface area contributed by atoms with E-state index in [9.17, 15) is 17.6 Å². The summed E-state index contributed by atoms with van der Waals surface area (Å²) in [4.78, 5) is 11.0. The Kier molecular flexibility index (Phi) is 4.71. The second kappa shape index (κ2) is 6.96. The van der Waals surface area contributed by atoms with Gasteiger partial charge in [0.25, 0.3) is 0 Å². The molecule has 2 aromatic heterocycles. The smallest absolute Gasteiger partial charge is 0.355 e. The van der Waals surface area contributed by atoms with Crippen molar-refractivity contribution >= 4 is 17.0 Å². The van der Waals surface area contributed by atoms with Crippen LogP contribution in [0.1, 0.15) is 38.7 Å². The van der Waals surface area contributed by atoms with Gasteiger partial charge in [0.1, 0.15) is 17.2 Å². The summed E-state index contributed by atoms with van der Waals surface area (Å²) in [5.41, 5.74) is -0.662. The maximum atomic E-state index is 14.5.